The Morgan fingerprint density at radius 1 is 0.371 bits per heavy atom. The van der Waals surface area contributed by atoms with Crippen molar-refractivity contribution in [2.75, 3.05) is 52.9 Å². The quantitative estimate of drug-likeness (QED) is 0.0294. The van der Waals surface area contributed by atoms with Crippen molar-refractivity contribution in [1.29, 1.82) is 0 Å². The predicted octanol–water partition coefficient (Wildman–Crippen LogP) is 5.93. The molecule has 0 aliphatic rings. The minimum absolute atomic E-state index is 0.0440. The van der Waals surface area contributed by atoms with E-state index in [2.05, 4.69) is 32.9 Å². The highest BCUT2D eigenvalue weighted by Crippen LogP contribution is 2.44. The second kappa shape index (κ2) is 29.2. The van der Waals surface area contributed by atoms with Gasteiger partial charge in [-0.05, 0) is 76.9 Å². The van der Waals surface area contributed by atoms with Gasteiger partial charge in [-0.25, -0.2) is 19.2 Å². The maximum absolute atomic E-state index is 12.3. The van der Waals surface area contributed by atoms with E-state index >= 15 is 0 Å². The molecule has 0 bridgehead atoms. The molecule has 4 aromatic carbocycles. The van der Waals surface area contributed by atoms with Crippen molar-refractivity contribution in [1.82, 2.24) is 0 Å². The molecule has 0 saturated heterocycles. The third kappa shape index (κ3) is 18.7. The maximum atomic E-state index is 12.3. The van der Waals surface area contributed by atoms with Crippen LogP contribution in [-0.4, -0.2) is 116 Å². The fourth-order valence-corrected chi connectivity index (χ4v) is 6.68. The summed E-state index contributed by atoms with van der Waals surface area (Å²) in [6, 6.07) is 29.3. The number of carbonyl (C=O) groups is 5. The van der Waals surface area contributed by atoms with E-state index in [1.54, 1.807) is 48.5 Å². The molecule has 0 radical (unpaired) electrons. The van der Waals surface area contributed by atoms with Gasteiger partial charge in [-0.3, -0.25) is 4.79 Å². The van der Waals surface area contributed by atoms with E-state index in [0.29, 0.717) is 23.0 Å². The number of carbonyl (C=O) groups excluding carboxylic acids is 5. The van der Waals surface area contributed by atoms with Crippen LogP contribution in [0, 0.1) is 5.92 Å². The molecule has 3 N–H and O–H groups in total. The van der Waals surface area contributed by atoms with Gasteiger partial charge >= 0.3 is 23.9 Å². The Kier molecular flexibility index (Phi) is 22.8. The fourth-order valence-electron chi connectivity index (χ4n) is 6.68. The summed E-state index contributed by atoms with van der Waals surface area (Å²) >= 11 is 0. The molecule has 0 heterocycles. The Morgan fingerprint density at radius 2 is 0.629 bits per heavy atom. The first-order valence-electron chi connectivity index (χ1n) is 22.0. The van der Waals surface area contributed by atoms with Gasteiger partial charge in [0.1, 0.15) is 81.0 Å². The van der Waals surface area contributed by atoms with Crippen LogP contribution < -0.4 is 18.9 Å². The summed E-state index contributed by atoms with van der Waals surface area (Å²) in [6.45, 7) is 15.7. The summed E-state index contributed by atoms with van der Waals surface area (Å²) in [5, 5.41) is 31.1. The van der Waals surface area contributed by atoms with Gasteiger partial charge in [0.05, 0.1) is 13.2 Å². The number of benzene rings is 4. The lowest BCUT2D eigenvalue weighted by Gasteiger charge is -2.30. The highest BCUT2D eigenvalue weighted by Gasteiger charge is 2.29. The van der Waals surface area contributed by atoms with E-state index in [4.69, 9.17) is 37.9 Å². The third-order valence-electron chi connectivity index (χ3n) is 10.2. The maximum Gasteiger partial charge on any atom is 0.330 e. The first-order valence-corrected chi connectivity index (χ1v) is 22.0. The molecule has 5 unspecified atom stereocenters. The Morgan fingerprint density at radius 3 is 0.886 bits per heavy atom. The van der Waals surface area contributed by atoms with Crippen LogP contribution in [0.4, 0.5) is 0 Å². The summed E-state index contributed by atoms with van der Waals surface area (Å²) in [5.41, 5.74) is 3.37. The van der Waals surface area contributed by atoms with Gasteiger partial charge in [-0.1, -0.05) is 81.4 Å². The van der Waals surface area contributed by atoms with Crippen molar-refractivity contribution in [2.24, 2.45) is 5.92 Å². The van der Waals surface area contributed by atoms with Crippen LogP contribution >= 0.6 is 0 Å². The number of ether oxygens (including phenoxy) is 8. The van der Waals surface area contributed by atoms with Crippen molar-refractivity contribution in [3.8, 4) is 23.0 Å². The number of aliphatic hydroxyl groups excluding tert-OH is 3. The van der Waals surface area contributed by atoms with E-state index in [9.17, 15) is 39.3 Å². The van der Waals surface area contributed by atoms with Gasteiger partial charge in [0.25, 0.3) is 0 Å². The highest BCUT2D eigenvalue weighted by atomic mass is 16.6. The highest BCUT2D eigenvalue weighted by molar-refractivity contribution is 5.89. The van der Waals surface area contributed by atoms with Crippen LogP contribution in [0.3, 0.4) is 0 Å². The number of allylic oxidation sites excluding steroid dienone is 1. The topological polar surface area (TPSA) is 220 Å². The molecule has 0 aliphatic carbocycles. The normalized spacial score (nSPS) is 13.2. The largest absolute Gasteiger partial charge is 0.493 e. The summed E-state index contributed by atoms with van der Waals surface area (Å²) < 4.78 is 43.6. The standard InChI is InChI=1S/C54H58O16/c1-6-41(55)27-36(29-67-49(59)7-2)28-63-45-19-11-37(12-20-45)53(38-13-21-46(22-14-38)64-30-42(56)33-68-50(60)8-3)54(39-15-23-47(24-16-39)65-31-43(57)34-69-51(61)9-4)40-17-25-48(26-18-40)66-32-44(58)35-70-52(62)10-5/h6-26,36,42-44,53-54,56-58H,1-5,27-35H2. The molecule has 16 nitrogen and oxygen atoms in total. The van der Waals surface area contributed by atoms with Crippen LogP contribution in [-0.2, 0) is 42.9 Å². The second-order valence-corrected chi connectivity index (χ2v) is 15.5. The van der Waals surface area contributed by atoms with Crippen molar-refractivity contribution < 1.29 is 77.2 Å². The number of rotatable bonds is 32. The van der Waals surface area contributed by atoms with Crippen LogP contribution in [0.15, 0.2) is 160 Å². The summed E-state index contributed by atoms with van der Waals surface area (Å²) in [7, 11) is 0. The smallest absolute Gasteiger partial charge is 0.330 e. The van der Waals surface area contributed by atoms with Crippen molar-refractivity contribution in [3.05, 3.63) is 183 Å². The van der Waals surface area contributed by atoms with Gasteiger partial charge in [-0.15, -0.1) is 0 Å². The average Bonchev–Trinajstić information content (AvgIpc) is 3.39. The lowest BCUT2D eigenvalue weighted by atomic mass is 9.73. The molecular weight excluding hydrogens is 905 g/mol. The second-order valence-electron chi connectivity index (χ2n) is 15.5. The SMILES string of the molecule is C=CC(=O)CC(COC(=O)C=C)COc1ccc(C(c2ccc(OCC(O)COC(=O)C=C)cc2)C(c2ccc(OCC(O)COC(=O)C=C)cc2)c2ccc(OCC(O)COC(=O)C=C)cc2)cc1. The van der Waals surface area contributed by atoms with Gasteiger partial charge in [0.2, 0.25) is 0 Å². The number of hydrogen-bond acceptors (Lipinski definition) is 16. The van der Waals surface area contributed by atoms with E-state index in [0.717, 1.165) is 46.6 Å². The van der Waals surface area contributed by atoms with E-state index in [-0.39, 0.29) is 65.1 Å². The van der Waals surface area contributed by atoms with Crippen LogP contribution in [0.1, 0.15) is 40.5 Å². The van der Waals surface area contributed by atoms with Gasteiger partial charge in [0, 0.05) is 48.5 Å². The summed E-state index contributed by atoms with van der Waals surface area (Å²) in [6.07, 6.45) is 1.98. The van der Waals surface area contributed by atoms with Crippen molar-refractivity contribution in [2.45, 2.75) is 36.6 Å². The van der Waals surface area contributed by atoms with Gasteiger partial charge < -0.3 is 53.2 Å². The van der Waals surface area contributed by atoms with E-state index < -0.39 is 59.9 Å². The number of hydrogen-bond donors (Lipinski definition) is 3. The summed E-state index contributed by atoms with van der Waals surface area (Å²) in [5.74, 6) is -2.41. The fraction of sp³-hybridized carbons (Fsp3) is 0.278. The zero-order chi connectivity index (χ0) is 50.8. The monoisotopic (exact) mass is 962 g/mol. The molecule has 4 rings (SSSR count). The molecular formula is C54H58O16. The first kappa shape index (κ1) is 54.8. The average molecular weight is 963 g/mol. The molecule has 0 amide bonds. The molecule has 0 saturated carbocycles. The number of ketones is 1. The molecule has 0 spiro atoms. The lowest BCUT2D eigenvalue weighted by Crippen LogP contribution is -2.24. The zero-order valence-electron chi connectivity index (χ0n) is 38.6. The first-order chi connectivity index (χ1) is 33.7. The van der Waals surface area contributed by atoms with Crippen molar-refractivity contribution >= 4 is 29.7 Å². The molecule has 5 atom stereocenters. The molecule has 4 aromatic rings. The van der Waals surface area contributed by atoms with E-state index in [1.165, 1.54) is 6.08 Å². The Bertz CT molecular complexity index is 2280. The zero-order valence-corrected chi connectivity index (χ0v) is 38.6. The van der Waals surface area contributed by atoms with Crippen LogP contribution in [0.2, 0.25) is 0 Å². The molecule has 370 valence electrons. The Labute approximate surface area is 406 Å². The molecule has 0 aromatic heterocycles. The number of esters is 4. The van der Waals surface area contributed by atoms with Crippen LogP contribution in [0.25, 0.3) is 0 Å². The van der Waals surface area contributed by atoms with Crippen molar-refractivity contribution in [3.63, 3.8) is 0 Å². The molecule has 0 aliphatic heterocycles. The van der Waals surface area contributed by atoms with Gasteiger partial charge in [0.15, 0.2) is 5.78 Å². The number of aliphatic hydroxyl groups is 3. The summed E-state index contributed by atoms with van der Waals surface area (Å²) in [4.78, 5) is 58.6. The third-order valence-corrected chi connectivity index (χ3v) is 10.2. The Balaban J connectivity index is 1.73. The van der Waals surface area contributed by atoms with Gasteiger partial charge in [-0.2, -0.15) is 0 Å². The molecule has 0 fully saturated rings. The van der Waals surface area contributed by atoms with E-state index in [1.807, 2.05) is 48.5 Å². The predicted molar refractivity (Wildman–Crippen MR) is 257 cm³/mol. The lowest BCUT2D eigenvalue weighted by molar-refractivity contribution is -0.142. The molecule has 16 heteroatoms. The molecule has 70 heavy (non-hydrogen) atoms. The van der Waals surface area contributed by atoms with Crippen LogP contribution in [0.5, 0.6) is 23.0 Å². The minimum atomic E-state index is -1.10. The Hall–Kier alpha value is -7.79. The minimum Gasteiger partial charge on any atom is -0.493 e.